The van der Waals surface area contributed by atoms with Crippen molar-refractivity contribution in [1.82, 2.24) is 4.57 Å². The van der Waals surface area contributed by atoms with Crippen molar-refractivity contribution in [2.24, 2.45) is 0 Å². The lowest BCUT2D eigenvalue weighted by atomic mass is 10.2. The minimum Gasteiger partial charge on any atom is -0.416 e. The summed E-state index contributed by atoms with van der Waals surface area (Å²) in [6, 6.07) is 12.1. The van der Waals surface area contributed by atoms with Crippen LogP contribution in [0.1, 0.15) is 5.56 Å². The van der Waals surface area contributed by atoms with Crippen LogP contribution < -0.4 is 5.76 Å². The predicted octanol–water partition coefficient (Wildman–Crippen LogP) is 1.30. The molecule has 14 heavy (non-hydrogen) atoms. The molecule has 0 fully saturated rings. The molecule has 0 saturated carbocycles. The first-order chi connectivity index (χ1) is 6.86. The molecule has 1 aromatic carbocycles. The van der Waals surface area contributed by atoms with Gasteiger partial charge >= 0.3 is 5.76 Å². The molecule has 2 aromatic rings. The Morgan fingerprint density at radius 2 is 2.00 bits per heavy atom. The lowest BCUT2D eigenvalue weighted by Gasteiger charge is -1.85. The summed E-state index contributed by atoms with van der Waals surface area (Å²) in [6.07, 6.45) is 2.79. The van der Waals surface area contributed by atoms with Crippen LogP contribution in [0.15, 0.2) is 52.0 Å². The van der Waals surface area contributed by atoms with E-state index < -0.39 is 5.76 Å². The molecule has 0 amide bonds. The number of aromatic nitrogens is 1. The van der Waals surface area contributed by atoms with Gasteiger partial charge in [0.05, 0.1) is 6.20 Å². The summed E-state index contributed by atoms with van der Waals surface area (Å²) in [5.74, 6) is 2.38. The molecule has 3 nitrogen and oxygen atoms in total. The minimum absolute atomic E-state index is 0.464. The van der Waals surface area contributed by atoms with E-state index in [0.29, 0.717) is 0 Å². The molecule has 0 atom stereocenters. The number of nitrogens with zero attached hydrogens (tertiary/aromatic N) is 1. The quantitative estimate of drug-likeness (QED) is 0.580. The van der Waals surface area contributed by atoms with E-state index in [4.69, 9.17) is 0 Å². The van der Waals surface area contributed by atoms with E-state index in [1.54, 1.807) is 0 Å². The molecule has 0 saturated heterocycles. The molecular formula is C11H7NO2. The number of rotatable bonds is 0. The van der Waals surface area contributed by atoms with Crippen molar-refractivity contribution in [1.29, 1.82) is 0 Å². The summed E-state index contributed by atoms with van der Waals surface area (Å²) in [5.41, 5.74) is 0.862. The van der Waals surface area contributed by atoms with E-state index in [9.17, 15) is 4.79 Å². The summed E-state index contributed by atoms with van der Waals surface area (Å²) in [4.78, 5) is 10.9. The Bertz CT molecular complexity index is 525. The molecule has 1 heterocycles. The Hall–Kier alpha value is -2.21. The monoisotopic (exact) mass is 185 g/mol. The maximum atomic E-state index is 10.9. The van der Waals surface area contributed by atoms with Gasteiger partial charge in [0.2, 0.25) is 0 Å². The van der Waals surface area contributed by atoms with Crippen LogP contribution in [0.5, 0.6) is 0 Å². The first-order valence-corrected chi connectivity index (χ1v) is 4.09. The third-order valence-electron chi connectivity index (χ3n) is 1.67. The fraction of sp³-hybridized carbons (Fsp3) is 0. The Morgan fingerprint density at radius 3 is 2.64 bits per heavy atom. The Morgan fingerprint density at radius 1 is 1.21 bits per heavy atom. The first kappa shape index (κ1) is 8.39. The molecule has 0 unspecified atom stereocenters. The highest BCUT2D eigenvalue weighted by Crippen LogP contribution is 1.94. The van der Waals surface area contributed by atoms with Crippen LogP contribution in [0, 0.1) is 12.0 Å². The van der Waals surface area contributed by atoms with Gasteiger partial charge in [-0.1, -0.05) is 18.2 Å². The maximum Gasteiger partial charge on any atom is 0.430 e. The van der Waals surface area contributed by atoms with E-state index in [-0.39, 0.29) is 0 Å². The van der Waals surface area contributed by atoms with Crippen LogP contribution in [0.2, 0.25) is 0 Å². The van der Waals surface area contributed by atoms with E-state index >= 15 is 0 Å². The second kappa shape index (κ2) is 3.67. The molecule has 0 bridgehead atoms. The Labute approximate surface area is 80.6 Å². The summed E-state index contributed by atoms with van der Waals surface area (Å²) in [6.45, 7) is 0. The number of hydrogen-bond acceptors (Lipinski definition) is 2. The third-order valence-corrected chi connectivity index (χ3v) is 1.67. The highest BCUT2D eigenvalue weighted by Gasteiger charge is 1.90. The third kappa shape index (κ3) is 1.75. The van der Waals surface area contributed by atoms with Crippen LogP contribution in [-0.2, 0) is 0 Å². The average molecular weight is 185 g/mol. The normalized spacial score (nSPS) is 9.14. The van der Waals surface area contributed by atoms with Gasteiger partial charge in [-0.05, 0) is 18.1 Å². The van der Waals surface area contributed by atoms with Gasteiger partial charge in [-0.25, -0.2) is 9.36 Å². The topological polar surface area (TPSA) is 35.1 Å². The van der Waals surface area contributed by atoms with Gasteiger partial charge in [0.25, 0.3) is 0 Å². The Balaban J connectivity index is 2.32. The SMILES string of the molecule is O=c1occn1C#Cc1ccccc1. The van der Waals surface area contributed by atoms with Crippen LogP contribution in [0.25, 0.3) is 0 Å². The van der Waals surface area contributed by atoms with Gasteiger partial charge in [-0.3, -0.25) is 0 Å². The van der Waals surface area contributed by atoms with Gasteiger partial charge in [0.1, 0.15) is 6.26 Å². The molecule has 1 aromatic heterocycles. The van der Waals surface area contributed by atoms with Crippen LogP contribution >= 0.6 is 0 Å². The molecule has 0 aliphatic heterocycles. The Kier molecular flexibility index (Phi) is 2.20. The molecule has 68 valence electrons. The zero-order valence-corrected chi connectivity index (χ0v) is 7.31. The zero-order chi connectivity index (χ0) is 9.80. The molecule has 3 heteroatoms. The van der Waals surface area contributed by atoms with Crippen LogP contribution in [-0.4, -0.2) is 4.57 Å². The molecule has 0 radical (unpaired) electrons. The lowest BCUT2D eigenvalue weighted by molar-refractivity contribution is 0.506. The summed E-state index contributed by atoms with van der Waals surface area (Å²) in [7, 11) is 0. The lowest BCUT2D eigenvalue weighted by Crippen LogP contribution is -2.07. The van der Waals surface area contributed by atoms with Gasteiger partial charge < -0.3 is 4.42 Å². The van der Waals surface area contributed by atoms with Gasteiger partial charge in [0, 0.05) is 11.6 Å². The summed E-state index contributed by atoms with van der Waals surface area (Å²) in [5, 5.41) is 0. The van der Waals surface area contributed by atoms with E-state index in [2.05, 4.69) is 16.4 Å². The van der Waals surface area contributed by atoms with Gasteiger partial charge in [0.15, 0.2) is 0 Å². The van der Waals surface area contributed by atoms with E-state index in [0.717, 1.165) is 5.56 Å². The molecular weight excluding hydrogens is 178 g/mol. The standard InChI is InChI=1S/C11H7NO2/c13-11-12(8-9-14-11)7-6-10-4-2-1-3-5-10/h1-5,8-9H. The smallest absolute Gasteiger partial charge is 0.416 e. The number of hydrogen-bond donors (Lipinski definition) is 0. The number of benzene rings is 1. The maximum absolute atomic E-state index is 10.9. The molecule has 0 aliphatic carbocycles. The summed E-state index contributed by atoms with van der Waals surface area (Å²) < 4.78 is 5.76. The second-order valence-electron chi connectivity index (χ2n) is 2.64. The predicted molar refractivity (Wildman–Crippen MR) is 51.7 cm³/mol. The largest absolute Gasteiger partial charge is 0.430 e. The van der Waals surface area contributed by atoms with Crippen LogP contribution in [0.4, 0.5) is 0 Å². The molecule has 0 N–H and O–H groups in total. The average Bonchev–Trinajstić information content (AvgIpc) is 2.63. The zero-order valence-electron chi connectivity index (χ0n) is 7.31. The summed E-state index contributed by atoms with van der Waals surface area (Å²) >= 11 is 0. The number of oxazole rings is 1. The van der Waals surface area contributed by atoms with Gasteiger partial charge in [-0.15, -0.1) is 0 Å². The van der Waals surface area contributed by atoms with Crippen molar-refractivity contribution in [3.05, 3.63) is 58.9 Å². The van der Waals surface area contributed by atoms with Crippen LogP contribution in [0.3, 0.4) is 0 Å². The van der Waals surface area contributed by atoms with Crippen molar-refractivity contribution in [3.8, 4) is 12.0 Å². The van der Waals surface area contributed by atoms with Crippen molar-refractivity contribution < 1.29 is 4.42 Å². The highest BCUT2D eigenvalue weighted by atomic mass is 16.4. The fourth-order valence-corrected chi connectivity index (χ4v) is 0.996. The van der Waals surface area contributed by atoms with E-state index in [1.807, 2.05) is 30.3 Å². The van der Waals surface area contributed by atoms with Crippen molar-refractivity contribution in [2.75, 3.05) is 0 Å². The van der Waals surface area contributed by atoms with Crippen molar-refractivity contribution >= 4 is 0 Å². The second-order valence-corrected chi connectivity index (χ2v) is 2.64. The molecule has 2 rings (SSSR count). The van der Waals surface area contributed by atoms with E-state index in [1.165, 1.54) is 17.0 Å². The fourth-order valence-electron chi connectivity index (χ4n) is 0.996. The minimum atomic E-state index is -0.464. The first-order valence-electron chi connectivity index (χ1n) is 4.09. The molecule has 0 aliphatic rings. The van der Waals surface area contributed by atoms with Gasteiger partial charge in [-0.2, -0.15) is 0 Å². The molecule has 0 spiro atoms. The van der Waals surface area contributed by atoms with Crippen molar-refractivity contribution in [3.63, 3.8) is 0 Å². The van der Waals surface area contributed by atoms with Crippen molar-refractivity contribution in [2.45, 2.75) is 0 Å². The highest BCUT2D eigenvalue weighted by molar-refractivity contribution is 5.33.